The molecule has 110 valence electrons. The van der Waals surface area contributed by atoms with E-state index in [1.54, 1.807) is 0 Å². The quantitative estimate of drug-likeness (QED) is 0.419. The molecule has 2 heterocycles. The Balaban J connectivity index is 1.68. The van der Waals surface area contributed by atoms with Crippen LogP contribution in [0.4, 0.5) is 0 Å². The number of carbonyl (C=O) groups excluding carboxylic acids is 1. The number of hydrazine groups is 1. The number of hydrogen-bond acceptors (Lipinski definition) is 5. The number of amides is 1. The fourth-order valence-electron chi connectivity index (χ4n) is 2.91. The predicted molar refractivity (Wildman–Crippen MR) is 71.3 cm³/mol. The molecular weight excluding hydrogens is 246 g/mol. The van der Waals surface area contributed by atoms with Gasteiger partial charge in [-0.2, -0.15) is 0 Å². The Labute approximate surface area is 114 Å². The number of piperidine rings is 1. The zero-order chi connectivity index (χ0) is 13.7. The minimum atomic E-state index is -0.365. The smallest absolute Gasteiger partial charge is 0.263 e. The molecule has 0 spiro atoms. The molecule has 2 atom stereocenters. The molecule has 0 aromatic rings. The van der Waals surface area contributed by atoms with Crippen LogP contribution in [-0.4, -0.2) is 55.4 Å². The number of nitrogens with two attached hydrogens (primary N) is 1. The van der Waals surface area contributed by atoms with Gasteiger partial charge >= 0.3 is 0 Å². The second kappa shape index (κ2) is 7.19. The molecule has 2 aliphatic heterocycles. The first kappa shape index (κ1) is 14.7. The number of ether oxygens (including phenoxy) is 2. The highest BCUT2D eigenvalue weighted by atomic mass is 16.5. The number of rotatable bonds is 5. The summed E-state index contributed by atoms with van der Waals surface area (Å²) in [4.78, 5) is 13.8. The molecule has 0 aliphatic carbocycles. The van der Waals surface area contributed by atoms with Crippen LogP contribution in [0.2, 0.25) is 0 Å². The SMILES string of the molecule is CCOC1CCN(CC2CCC(C(=O)NN)O2)CC1. The molecule has 2 saturated heterocycles. The molecule has 2 unspecified atom stereocenters. The first-order chi connectivity index (χ1) is 9.22. The summed E-state index contributed by atoms with van der Waals surface area (Å²) in [5.74, 6) is 4.91. The van der Waals surface area contributed by atoms with Crippen LogP contribution >= 0.6 is 0 Å². The van der Waals surface area contributed by atoms with E-state index < -0.39 is 0 Å². The van der Waals surface area contributed by atoms with E-state index in [1.165, 1.54) is 0 Å². The summed E-state index contributed by atoms with van der Waals surface area (Å²) in [6.45, 7) is 5.86. The molecule has 6 heteroatoms. The first-order valence-corrected chi connectivity index (χ1v) is 7.22. The van der Waals surface area contributed by atoms with E-state index in [4.69, 9.17) is 15.3 Å². The van der Waals surface area contributed by atoms with E-state index in [-0.39, 0.29) is 18.1 Å². The third-order valence-electron chi connectivity index (χ3n) is 3.94. The lowest BCUT2D eigenvalue weighted by atomic mass is 10.1. The van der Waals surface area contributed by atoms with Crippen molar-refractivity contribution in [1.82, 2.24) is 10.3 Å². The van der Waals surface area contributed by atoms with Gasteiger partial charge in [-0.3, -0.25) is 10.2 Å². The van der Waals surface area contributed by atoms with Crippen LogP contribution in [0.25, 0.3) is 0 Å². The average molecular weight is 271 g/mol. The highest BCUT2D eigenvalue weighted by Crippen LogP contribution is 2.22. The molecule has 3 N–H and O–H groups in total. The largest absolute Gasteiger partial charge is 0.378 e. The van der Waals surface area contributed by atoms with Gasteiger partial charge in [-0.15, -0.1) is 0 Å². The Morgan fingerprint density at radius 1 is 1.37 bits per heavy atom. The Morgan fingerprint density at radius 3 is 2.74 bits per heavy atom. The number of carbonyl (C=O) groups is 1. The lowest BCUT2D eigenvalue weighted by molar-refractivity contribution is -0.132. The fourth-order valence-corrected chi connectivity index (χ4v) is 2.91. The van der Waals surface area contributed by atoms with E-state index >= 15 is 0 Å². The highest BCUT2D eigenvalue weighted by Gasteiger charge is 2.32. The van der Waals surface area contributed by atoms with Crippen LogP contribution in [0.3, 0.4) is 0 Å². The van der Waals surface area contributed by atoms with Gasteiger partial charge in [-0.05, 0) is 32.6 Å². The molecule has 0 radical (unpaired) electrons. The maximum Gasteiger partial charge on any atom is 0.263 e. The van der Waals surface area contributed by atoms with E-state index in [2.05, 4.69) is 10.3 Å². The van der Waals surface area contributed by atoms with Crippen LogP contribution in [0.15, 0.2) is 0 Å². The summed E-state index contributed by atoms with van der Waals surface area (Å²) in [6.07, 6.45) is 4.09. The minimum Gasteiger partial charge on any atom is -0.378 e. The molecule has 2 fully saturated rings. The summed E-state index contributed by atoms with van der Waals surface area (Å²) >= 11 is 0. The molecule has 0 saturated carbocycles. The Hall–Kier alpha value is -0.690. The van der Waals surface area contributed by atoms with Crippen LogP contribution in [0.1, 0.15) is 32.6 Å². The molecule has 0 bridgehead atoms. The van der Waals surface area contributed by atoms with E-state index in [0.717, 1.165) is 51.9 Å². The number of nitrogens with one attached hydrogen (secondary N) is 1. The van der Waals surface area contributed by atoms with Crippen molar-refractivity contribution in [3.8, 4) is 0 Å². The third-order valence-corrected chi connectivity index (χ3v) is 3.94. The van der Waals surface area contributed by atoms with Gasteiger partial charge in [0.1, 0.15) is 6.10 Å². The van der Waals surface area contributed by atoms with Crippen LogP contribution in [0.5, 0.6) is 0 Å². The summed E-state index contributed by atoms with van der Waals surface area (Å²) in [6, 6.07) is 0. The summed E-state index contributed by atoms with van der Waals surface area (Å²) in [5.41, 5.74) is 2.16. The monoisotopic (exact) mass is 271 g/mol. The van der Waals surface area contributed by atoms with E-state index in [9.17, 15) is 4.79 Å². The molecule has 0 aromatic heterocycles. The Bertz CT molecular complexity index is 293. The zero-order valence-electron chi connectivity index (χ0n) is 11.6. The third kappa shape index (κ3) is 4.14. The maximum atomic E-state index is 11.4. The van der Waals surface area contributed by atoms with Crippen LogP contribution in [-0.2, 0) is 14.3 Å². The van der Waals surface area contributed by atoms with Crippen molar-refractivity contribution in [1.29, 1.82) is 0 Å². The zero-order valence-corrected chi connectivity index (χ0v) is 11.6. The van der Waals surface area contributed by atoms with Crippen LogP contribution < -0.4 is 11.3 Å². The molecule has 1 amide bonds. The maximum absolute atomic E-state index is 11.4. The number of likely N-dealkylation sites (tertiary alicyclic amines) is 1. The first-order valence-electron chi connectivity index (χ1n) is 7.22. The fraction of sp³-hybridized carbons (Fsp3) is 0.923. The second-order valence-corrected chi connectivity index (χ2v) is 5.29. The van der Waals surface area contributed by atoms with Crippen LogP contribution in [0, 0.1) is 0 Å². The van der Waals surface area contributed by atoms with Gasteiger partial charge in [0.15, 0.2) is 0 Å². The Morgan fingerprint density at radius 2 is 2.11 bits per heavy atom. The molecule has 0 aromatic carbocycles. The van der Waals surface area contributed by atoms with Crippen molar-refractivity contribution in [3.63, 3.8) is 0 Å². The minimum absolute atomic E-state index is 0.158. The number of hydrogen-bond donors (Lipinski definition) is 2. The molecule has 19 heavy (non-hydrogen) atoms. The van der Waals surface area contributed by atoms with Gasteiger partial charge in [-0.1, -0.05) is 0 Å². The van der Waals surface area contributed by atoms with E-state index in [1.807, 2.05) is 6.92 Å². The van der Waals surface area contributed by atoms with Gasteiger partial charge in [0.2, 0.25) is 0 Å². The van der Waals surface area contributed by atoms with Crippen molar-refractivity contribution in [3.05, 3.63) is 0 Å². The van der Waals surface area contributed by atoms with Gasteiger partial charge in [0.25, 0.3) is 5.91 Å². The van der Waals surface area contributed by atoms with Gasteiger partial charge < -0.3 is 14.4 Å². The topological polar surface area (TPSA) is 76.8 Å². The van der Waals surface area contributed by atoms with Gasteiger partial charge in [-0.25, -0.2) is 5.84 Å². The van der Waals surface area contributed by atoms with Crippen molar-refractivity contribution in [2.45, 2.75) is 50.9 Å². The number of nitrogens with zero attached hydrogens (tertiary/aromatic N) is 1. The van der Waals surface area contributed by atoms with Crippen molar-refractivity contribution < 1.29 is 14.3 Å². The standard InChI is InChI=1S/C13H25N3O3/c1-2-18-10-5-7-16(8-6-10)9-11-3-4-12(19-11)13(17)15-14/h10-12H,2-9,14H2,1H3,(H,15,17). The lowest BCUT2D eigenvalue weighted by Gasteiger charge is -2.33. The van der Waals surface area contributed by atoms with Gasteiger partial charge in [0.05, 0.1) is 12.2 Å². The van der Waals surface area contributed by atoms with Crippen molar-refractivity contribution in [2.75, 3.05) is 26.2 Å². The molecule has 2 aliphatic rings. The second-order valence-electron chi connectivity index (χ2n) is 5.29. The highest BCUT2D eigenvalue weighted by molar-refractivity contribution is 5.80. The average Bonchev–Trinajstić information content (AvgIpc) is 2.89. The molecular formula is C13H25N3O3. The van der Waals surface area contributed by atoms with E-state index in [0.29, 0.717) is 6.10 Å². The molecule has 6 nitrogen and oxygen atoms in total. The van der Waals surface area contributed by atoms with Gasteiger partial charge in [0, 0.05) is 26.2 Å². The molecule has 2 rings (SSSR count). The van der Waals surface area contributed by atoms with Crippen molar-refractivity contribution >= 4 is 5.91 Å². The van der Waals surface area contributed by atoms with Crippen molar-refractivity contribution in [2.24, 2.45) is 5.84 Å². The Kier molecular flexibility index (Phi) is 5.57. The lowest BCUT2D eigenvalue weighted by Crippen LogP contribution is -2.42. The summed E-state index contributed by atoms with van der Waals surface area (Å²) < 4.78 is 11.4. The summed E-state index contributed by atoms with van der Waals surface area (Å²) in [5, 5.41) is 0. The predicted octanol–water partition coefficient (Wildman–Crippen LogP) is 0.0248. The normalized spacial score (nSPS) is 29.6. The summed E-state index contributed by atoms with van der Waals surface area (Å²) in [7, 11) is 0.